The number of halogens is 9. The Bertz CT molecular complexity index is 874. The van der Waals surface area contributed by atoms with Gasteiger partial charge >= 0.3 is 18.3 Å². The lowest BCUT2D eigenvalue weighted by Crippen LogP contribution is -2.41. The molecule has 29 heavy (non-hydrogen) atoms. The van der Waals surface area contributed by atoms with E-state index in [-0.39, 0.29) is 21.8 Å². The molecule has 0 saturated heterocycles. The second-order valence-corrected chi connectivity index (χ2v) is 7.02. The Morgan fingerprint density at radius 3 is 2.17 bits per heavy atom. The fourth-order valence-corrected chi connectivity index (χ4v) is 2.93. The minimum atomic E-state index is -5.82. The quantitative estimate of drug-likeness (QED) is 0.406. The molecule has 1 aromatic carbocycles. The molecule has 1 heterocycles. The summed E-state index contributed by atoms with van der Waals surface area (Å²) in [4.78, 5) is 0.0969. The third kappa shape index (κ3) is 5.73. The van der Waals surface area contributed by atoms with Crippen molar-refractivity contribution in [2.24, 2.45) is 0 Å². The fraction of sp³-hybridized carbons (Fsp3) is 0.438. The lowest BCUT2D eigenvalue weighted by Gasteiger charge is -2.18. The number of nitrogens with zero attached hydrogens (tertiary/aromatic N) is 2. The van der Waals surface area contributed by atoms with Crippen LogP contribution in [0, 0.1) is 19.7 Å². The first-order valence-corrected chi connectivity index (χ1v) is 8.73. The van der Waals surface area contributed by atoms with Gasteiger partial charge in [-0.15, -0.1) is 16.9 Å². The van der Waals surface area contributed by atoms with E-state index < -0.39 is 42.3 Å². The average molecular weight is 452 g/mol. The second kappa shape index (κ2) is 8.00. The van der Waals surface area contributed by atoms with Gasteiger partial charge in [-0.25, -0.2) is 9.07 Å². The first-order valence-electron chi connectivity index (χ1n) is 7.75. The number of aromatic nitrogens is 2. The Balaban J connectivity index is 2.29. The van der Waals surface area contributed by atoms with E-state index in [9.17, 15) is 39.5 Å². The Hall–Kier alpha value is -2.05. The van der Waals surface area contributed by atoms with Crippen molar-refractivity contribution in [2.45, 2.75) is 37.0 Å². The standard InChI is InChI=1S/C16H13F9N2OS/c1-8-3-10(17)11(5-12(8)29-7-15(20,21)22)27-9(2)4-13(26-27)28-6-14(18,19)16(23,24)25/h3-5H,6-7H2,1-2H3. The zero-order valence-corrected chi connectivity index (χ0v) is 15.6. The van der Waals surface area contributed by atoms with Crippen LogP contribution in [0.2, 0.25) is 0 Å². The Morgan fingerprint density at radius 2 is 1.62 bits per heavy atom. The van der Waals surface area contributed by atoms with Crippen molar-refractivity contribution >= 4 is 11.8 Å². The van der Waals surface area contributed by atoms with Crippen molar-refractivity contribution in [3.05, 3.63) is 35.3 Å². The molecule has 0 spiro atoms. The highest BCUT2D eigenvalue weighted by Gasteiger charge is 2.58. The predicted molar refractivity (Wildman–Crippen MR) is 86.3 cm³/mol. The highest BCUT2D eigenvalue weighted by molar-refractivity contribution is 7.99. The summed E-state index contributed by atoms with van der Waals surface area (Å²) < 4.78 is 119. The summed E-state index contributed by atoms with van der Waals surface area (Å²) >= 11 is 0.412. The van der Waals surface area contributed by atoms with Crippen molar-refractivity contribution in [1.29, 1.82) is 0 Å². The monoisotopic (exact) mass is 452 g/mol. The van der Waals surface area contributed by atoms with Gasteiger partial charge in [0.2, 0.25) is 5.88 Å². The summed E-state index contributed by atoms with van der Waals surface area (Å²) in [5.41, 5.74) is 0.0201. The molecule has 0 N–H and O–H groups in total. The number of aryl methyl sites for hydroxylation is 2. The van der Waals surface area contributed by atoms with Gasteiger partial charge in [-0.2, -0.15) is 35.1 Å². The molecule has 0 radical (unpaired) electrons. The summed E-state index contributed by atoms with van der Waals surface area (Å²) in [6.45, 7) is 0.703. The molecule has 0 unspecified atom stereocenters. The van der Waals surface area contributed by atoms with Crippen LogP contribution in [-0.4, -0.2) is 40.4 Å². The van der Waals surface area contributed by atoms with Gasteiger partial charge in [0.15, 0.2) is 6.61 Å². The summed E-state index contributed by atoms with van der Waals surface area (Å²) in [6.07, 6.45) is -10.3. The number of hydrogen-bond acceptors (Lipinski definition) is 3. The van der Waals surface area contributed by atoms with Gasteiger partial charge in [0.05, 0.1) is 5.75 Å². The maximum Gasteiger partial charge on any atom is 0.456 e. The molecule has 0 fully saturated rings. The second-order valence-electron chi connectivity index (χ2n) is 6.00. The number of rotatable bonds is 6. The van der Waals surface area contributed by atoms with Gasteiger partial charge < -0.3 is 4.74 Å². The van der Waals surface area contributed by atoms with Gasteiger partial charge in [0.25, 0.3) is 0 Å². The van der Waals surface area contributed by atoms with Gasteiger partial charge in [0.1, 0.15) is 11.5 Å². The molecule has 0 saturated carbocycles. The SMILES string of the molecule is Cc1cc(F)c(-n2nc(OCC(F)(F)C(F)(F)F)cc2C)cc1SCC(F)(F)F. The molecule has 0 aliphatic carbocycles. The third-order valence-electron chi connectivity index (χ3n) is 3.54. The number of thioether (sulfide) groups is 1. The molecule has 2 aromatic rings. The molecule has 2 rings (SSSR count). The molecule has 0 bridgehead atoms. The number of ether oxygens (including phenoxy) is 1. The number of alkyl halides is 8. The minimum absolute atomic E-state index is 0.0969. The maximum atomic E-state index is 14.3. The zero-order valence-electron chi connectivity index (χ0n) is 14.8. The van der Waals surface area contributed by atoms with E-state index in [1.165, 1.54) is 13.8 Å². The number of benzene rings is 1. The minimum Gasteiger partial charge on any atom is -0.470 e. The van der Waals surface area contributed by atoms with Gasteiger partial charge in [-0.05, 0) is 31.5 Å². The number of hydrogen-bond donors (Lipinski definition) is 0. The molecule has 162 valence electrons. The normalized spacial score (nSPS) is 13.1. The third-order valence-corrected chi connectivity index (χ3v) is 4.77. The van der Waals surface area contributed by atoms with Crippen molar-refractivity contribution in [2.75, 3.05) is 12.4 Å². The summed E-state index contributed by atoms with van der Waals surface area (Å²) in [5.74, 6) is -7.85. The molecule has 1 aromatic heterocycles. The van der Waals surface area contributed by atoms with Crippen LogP contribution in [0.5, 0.6) is 5.88 Å². The molecular formula is C16H13F9N2OS. The van der Waals surface area contributed by atoms with Crippen molar-refractivity contribution in [1.82, 2.24) is 9.78 Å². The molecule has 3 nitrogen and oxygen atoms in total. The summed E-state index contributed by atoms with van der Waals surface area (Å²) in [7, 11) is 0. The van der Waals surface area contributed by atoms with Crippen molar-refractivity contribution < 1.29 is 44.3 Å². The van der Waals surface area contributed by atoms with E-state index in [0.29, 0.717) is 11.8 Å². The van der Waals surface area contributed by atoms with Gasteiger partial charge in [0, 0.05) is 16.7 Å². The highest BCUT2D eigenvalue weighted by atomic mass is 32.2. The predicted octanol–water partition coefficient (Wildman–Crippen LogP) is 5.86. The topological polar surface area (TPSA) is 27.1 Å². The first kappa shape index (κ1) is 23.2. The van der Waals surface area contributed by atoms with Gasteiger partial charge in [-0.3, -0.25) is 0 Å². The van der Waals surface area contributed by atoms with Crippen LogP contribution in [0.3, 0.4) is 0 Å². The smallest absolute Gasteiger partial charge is 0.456 e. The van der Waals surface area contributed by atoms with Crippen LogP contribution >= 0.6 is 11.8 Å². The van der Waals surface area contributed by atoms with Crippen LogP contribution in [0.15, 0.2) is 23.1 Å². The van der Waals surface area contributed by atoms with E-state index in [4.69, 9.17) is 0 Å². The van der Waals surface area contributed by atoms with Gasteiger partial charge in [-0.1, -0.05) is 0 Å². The lowest BCUT2D eigenvalue weighted by atomic mass is 10.2. The Morgan fingerprint density at radius 1 is 1.00 bits per heavy atom. The van der Waals surface area contributed by atoms with Crippen molar-refractivity contribution in [3.8, 4) is 11.6 Å². The van der Waals surface area contributed by atoms with Crippen LogP contribution < -0.4 is 4.74 Å². The lowest BCUT2D eigenvalue weighted by molar-refractivity contribution is -0.290. The molecule has 0 atom stereocenters. The average Bonchev–Trinajstić information content (AvgIpc) is 2.91. The van der Waals surface area contributed by atoms with E-state index in [2.05, 4.69) is 9.84 Å². The van der Waals surface area contributed by atoms with E-state index in [0.717, 1.165) is 22.9 Å². The van der Waals surface area contributed by atoms with Crippen LogP contribution in [0.4, 0.5) is 39.5 Å². The molecule has 0 aliphatic heterocycles. The molecule has 0 amide bonds. The summed E-state index contributed by atoms with van der Waals surface area (Å²) in [6, 6.07) is 3.04. The first-order chi connectivity index (χ1) is 13.1. The maximum absolute atomic E-state index is 14.3. The largest absolute Gasteiger partial charge is 0.470 e. The highest BCUT2D eigenvalue weighted by Crippen LogP contribution is 2.36. The fourth-order valence-electron chi connectivity index (χ4n) is 2.13. The van der Waals surface area contributed by atoms with Crippen LogP contribution in [0.1, 0.15) is 11.3 Å². The van der Waals surface area contributed by atoms with Crippen molar-refractivity contribution in [3.63, 3.8) is 0 Å². The van der Waals surface area contributed by atoms with Crippen LogP contribution in [-0.2, 0) is 0 Å². The Kier molecular flexibility index (Phi) is 6.40. The van der Waals surface area contributed by atoms with Crippen LogP contribution in [0.25, 0.3) is 5.69 Å². The molecular weight excluding hydrogens is 439 g/mol. The zero-order chi connectivity index (χ0) is 22.2. The molecule has 13 heteroatoms. The van der Waals surface area contributed by atoms with E-state index in [1.54, 1.807) is 0 Å². The Labute approximate surface area is 162 Å². The molecule has 0 aliphatic rings. The van der Waals surface area contributed by atoms with E-state index in [1.807, 2.05) is 0 Å². The van der Waals surface area contributed by atoms with E-state index >= 15 is 0 Å². The summed E-state index contributed by atoms with van der Waals surface area (Å²) in [5, 5.41) is 3.63.